The topological polar surface area (TPSA) is 12.0 Å². The smallest absolute Gasteiger partial charge is 0.0297 e. The Hall–Kier alpha value is -2.90. The third-order valence-corrected chi connectivity index (χ3v) is 8.03. The third-order valence-electron chi connectivity index (χ3n) is 8.03. The predicted octanol–water partition coefficient (Wildman–Crippen LogP) is 11.6. The average molecular weight is 552 g/mol. The maximum atomic E-state index is 3.71. The Morgan fingerprint density at radius 3 is 1.85 bits per heavy atom. The Labute approximate surface area is 252 Å². The lowest BCUT2D eigenvalue weighted by molar-refractivity contribution is 0.480. The molecule has 0 fully saturated rings. The minimum Gasteiger partial charge on any atom is -0.306 e. The van der Waals surface area contributed by atoms with E-state index in [2.05, 4.69) is 146 Å². The van der Waals surface area contributed by atoms with Crippen molar-refractivity contribution in [1.82, 2.24) is 5.32 Å². The molecule has 0 heterocycles. The molecule has 0 amide bonds. The van der Waals surface area contributed by atoms with Crippen LogP contribution in [0, 0.1) is 26.7 Å². The molecule has 0 aromatic heterocycles. The lowest BCUT2D eigenvalue weighted by atomic mass is 9.95. The summed E-state index contributed by atoms with van der Waals surface area (Å²) < 4.78 is 0. The van der Waals surface area contributed by atoms with Crippen molar-refractivity contribution < 1.29 is 0 Å². The molecule has 0 saturated carbocycles. The van der Waals surface area contributed by atoms with E-state index in [0.717, 1.165) is 25.3 Å². The van der Waals surface area contributed by atoms with Crippen molar-refractivity contribution >= 4 is 10.8 Å². The van der Waals surface area contributed by atoms with Gasteiger partial charge in [-0.05, 0) is 91.1 Å². The van der Waals surface area contributed by atoms with Gasteiger partial charge in [-0.15, -0.1) is 0 Å². The highest BCUT2D eigenvalue weighted by Gasteiger charge is 2.11. The van der Waals surface area contributed by atoms with Crippen LogP contribution in [-0.2, 0) is 19.4 Å². The van der Waals surface area contributed by atoms with E-state index >= 15 is 0 Å². The molecule has 0 bridgehead atoms. The highest BCUT2D eigenvalue weighted by Crippen LogP contribution is 2.24. The van der Waals surface area contributed by atoms with Crippen LogP contribution in [0.5, 0.6) is 0 Å². The number of fused-ring (bicyclic) bond motifs is 1. The third kappa shape index (κ3) is 11.5. The Balaban J connectivity index is 0.000000300. The maximum absolute atomic E-state index is 3.71. The zero-order valence-electron chi connectivity index (χ0n) is 27.6. The normalized spacial score (nSPS) is 11.5. The number of benzene rings is 4. The van der Waals surface area contributed by atoms with Gasteiger partial charge in [0.1, 0.15) is 0 Å². The molecular weight excluding hydrogens is 494 g/mol. The molecule has 1 unspecified atom stereocenters. The van der Waals surface area contributed by atoms with Crippen molar-refractivity contribution in [3.63, 3.8) is 0 Å². The molecule has 0 aliphatic heterocycles. The molecule has 41 heavy (non-hydrogen) atoms. The van der Waals surface area contributed by atoms with Crippen molar-refractivity contribution in [2.45, 2.75) is 113 Å². The second-order valence-corrected chi connectivity index (χ2v) is 11.8. The summed E-state index contributed by atoms with van der Waals surface area (Å²) in [5.74, 6) is 0.963. The Kier molecular flexibility index (Phi) is 15.5. The SMILES string of the molecule is CCCC(C)CCC.CCc1c(C)cccc1C(C)NCc1ccc2c(CC)cccc2c1.Cc1cccc(C)c1. The molecule has 1 N–H and O–H groups in total. The zero-order chi connectivity index (χ0) is 30.2. The van der Waals surface area contributed by atoms with E-state index in [1.165, 1.54) is 75.4 Å². The van der Waals surface area contributed by atoms with E-state index in [4.69, 9.17) is 0 Å². The summed E-state index contributed by atoms with van der Waals surface area (Å²) in [6.07, 6.45) is 7.69. The van der Waals surface area contributed by atoms with Crippen molar-refractivity contribution in [3.05, 3.63) is 118 Å². The second kappa shape index (κ2) is 18.5. The van der Waals surface area contributed by atoms with Crippen molar-refractivity contribution in [2.75, 3.05) is 0 Å². The van der Waals surface area contributed by atoms with E-state index in [9.17, 15) is 0 Å². The lowest BCUT2D eigenvalue weighted by Gasteiger charge is -2.19. The fourth-order valence-corrected chi connectivity index (χ4v) is 5.75. The molecule has 0 spiro atoms. The highest BCUT2D eigenvalue weighted by molar-refractivity contribution is 5.86. The van der Waals surface area contributed by atoms with Gasteiger partial charge in [0, 0.05) is 12.6 Å². The standard InChI is InChI=1S/C24H29N.C8H10.C8H18/c1-5-20-10-8-11-21-15-19(13-14-24(20)21)16-25-18(4)23-12-7-9-17(3)22(23)6-2;1-7-4-3-5-8(2)6-7;1-4-6-8(3)7-5-2/h7-15,18,25H,5-6,16H2,1-4H3;3-6H,1-2H3;8H,4-7H2,1-3H3. The number of hydrogen-bond donors (Lipinski definition) is 1. The van der Waals surface area contributed by atoms with E-state index < -0.39 is 0 Å². The molecule has 1 heteroatoms. The van der Waals surface area contributed by atoms with Crippen LogP contribution in [0.1, 0.15) is 112 Å². The van der Waals surface area contributed by atoms with E-state index in [1.807, 2.05) is 0 Å². The molecule has 1 nitrogen and oxygen atoms in total. The van der Waals surface area contributed by atoms with E-state index in [-0.39, 0.29) is 0 Å². The number of rotatable bonds is 10. The van der Waals surface area contributed by atoms with Gasteiger partial charge in [-0.25, -0.2) is 0 Å². The fourth-order valence-electron chi connectivity index (χ4n) is 5.75. The molecule has 4 aromatic carbocycles. The largest absolute Gasteiger partial charge is 0.306 e. The first-order chi connectivity index (χ1) is 19.7. The molecule has 1 atom stereocenters. The molecule has 0 aliphatic carbocycles. The first-order valence-corrected chi connectivity index (χ1v) is 16.1. The summed E-state index contributed by atoms with van der Waals surface area (Å²) in [4.78, 5) is 0. The lowest BCUT2D eigenvalue weighted by Crippen LogP contribution is -2.19. The minimum atomic E-state index is 0.354. The van der Waals surface area contributed by atoms with Crippen molar-refractivity contribution in [2.24, 2.45) is 5.92 Å². The molecule has 0 aliphatic rings. The summed E-state index contributed by atoms with van der Waals surface area (Å²) in [5.41, 5.74) is 9.75. The predicted molar refractivity (Wildman–Crippen MR) is 184 cm³/mol. The van der Waals surface area contributed by atoms with Gasteiger partial charge in [-0.3, -0.25) is 0 Å². The Morgan fingerprint density at radius 2 is 1.29 bits per heavy atom. The monoisotopic (exact) mass is 551 g/mol. The van der Waals surface area contributed by atoms with Crippen LogP contribution in [-0.4, -0.2) is 0 Å². The fraction of sp³-hybridized carbons (Fsp3) is 0.450. The average Bonchev–Trinajstić information content (AvgIpc) is 2.96. The van der Waals surface area contributed by atoms with Gasteiger partial charge in [-0.2, -0.15) is 0 Å². The van der Waals surface area contributed by atoms with Crippen LogP contribution in [0.25, 0.3) is 10.8 Å². The number of nitrogens with one attached hydrogen (secondary N) is 1. The van der Waals surface area contributed by atoms with Gasteiger partial charge < -0.3 is 5.32 Å². The van der Waals surface area contributed by atoms with E-state index in [0.29, 0.717) is 6.04 Å². The summed E-state index contributed by atoms with van der Waals surface area (Å²) >= 11 is 0. The summed E-state index contributed by atoms with van der Waals surface area (Å²) in [6.45, 7) is 20.9. The molecular formula is C40H57N. The van der Waals surface area contributed by atoms with Crippen LogP contribution < -0.4 is 5.32 Å². The van der Waals surface area contributed by atoms with Crippen molar-refractivity contribution in [3.8, 4) is 0 Å². The molecule has 0 radical (unpaired) electrons. The van der Waals surface area contributed by atoms with Crippen LogP contribution in [0.2, 0.25) is 0 Å². The van der Waals surface area contributed by atoms with Crippen LogP contribution in [0.3, 0.4) is 0 Å². The summed E-state index contributed by atoms with van der Waals surface area (Å²) in [6, 6.07) is 28.9. The number of hydrogen-bond acceptors (Lipinski definition) is 1. The highest BCUT2D eigenvalue weighted by atomic mass is 14.9. The van der Waals surface area contributed by atoms with Gasteiger partial charge in [0.15, 0.2) is 0 Å². The second-order valence-electron chi connectivity index (χ2n) is 11.8. The van der Waals surface area contributed by atoms with Crippen LogP contribution >= 0.6 is 0 Å². The quantitative estimate of drug-likeness (QED) is 0.207. The first-order valence-electron chi connectivity index (χ1n) is 16.1. The van der Waals surface area contributed by atoms with Crippen molar-refractivity contribution in [1.29, 1.82) is 0 Å². The van der Waals surface area contributed by atoms with Gasteiger partial charge in [0.25, 0.3) is 0 Å². The Morgan fingerprint density at radius 1 is 0.659 bits per heavy atom. The van der Waals surface area contributed by atoms with Crippen LogP contribution in [0.15, 0.2) is 78.9 Å². The minimum absolute atomic E-state index is 0.354. The molecule has 4 rings (SSSR count). The first kappa shape index (κ1) is 34.3. The summed E-state index contributed by atoms with van der Waals surface area (Å²) in [5, 5.41) is 6.44. The summed E-state index contributed by atoms with van der Waals surface area (Å²) in [7, 11) is 0. The molecule has 222 valence electrons. The van der Waals surface area contributed by atoms with Crippen LogP contribution in [0.4, 0.5) is 0 Å². The van der Waals surface area contributed by atoms with Gasteiger partial charge in [-0.1, -0.05) is 144 Å². The molecule has 0 saturated heterocycles. The van der Waals surface area contributed by atoms with Gasteiger partial charge in [0.05, 0.1) is 0 Å². The number of aryl methyl sites for hydroxylation is 4. The molecule has 4 aromatic rings. The van der Waals surface area contributed by atoms with Gasteiger partial charge >= 0.3 is 0 Å². The zero-order valence-corrected chi connectivity index (χ0v) is 27.6. The van der Waals surface area contributed by atoms with Gasteiger partial charge in [0.2, 0.25) is 0 Å². The maximum Gasteiger partial charge on any atom is 0.0297 e. The Bertz CT molecular complexity index is 1280. The van der Waals surface area contributed by atoms with E-state index in [1.54, 1.807) is 0 Å².